The zero-order chi connectivity index (χ0) is 17.2. The van der Waals surface area contributed by atoms with Gasteiger partial charge >= 0.3 is 0 Å². The van der Waals surface area contributed by atoms with E-state index in [0.717, 1.165) is 17.8 Å². The molecule has 1 aliphatic rings. The molecule has 4 aromatic heterocycles. The second kappa shape index (κ2) is 6.61. The highest BCUT2D eigenvalue weighted by Crippen LogP contribution is 2.29. The molecule has 0 spiro atoms. The third-order valence-electron chi connectivity index (χ3n) is 3.55. The second-order valence-electron chi connectivity index (χ2n) is 5.22. The molecule has 11 heteroatoms. The maximum Gasteiger partial charge on any atom is 0.179 e. The van der Waals surface area contributed by atoms with Crippen molar-refractivity contribution in [2.75, 3.05) is 11.9 Å². The van der Waals surface area contributed by atoms with Gasteiger partial charge in [-0.15, -0.1) is 10.2 Å². The zero-order valence-corrected chi connectivity index (χ0v) is 14.3. The maximum atomic E-state index is 11.3. The quantitative estimate of drug-likeness (QED) is 0.282. The van der Waals surface area contributed by atoms with Crippen molar-refractivity contribution >= 4 is 33.0 Å². The van der Waals surface area contributed by atoms with E-state index in [1.165, 1.54) is 4.52 Å². The first-order valence-corrected chi connectivity index (χ1v) is 8.43. The number of hydrogen-bond donors (Lipinski definition) is 0. The van der Waals surface area contributed by atoms with Crippen LogP contribution in [0.5, 0.6) is 0 Å². The Hall–Kier alpha value is -2.79. The fraction of sp³-hybridized carbons (Fsp3) is 0.214. The number of tetrazole rings is 2. The summed E-state index contributed by atoms with van der Waals surface area (Å²) in [5.41, 5.74) is 3.12. The minimum absolute atomic E-state index is 0.0115. The van der Waals surface area contributed by atoms with Gasteiger partial charge in [0.25, 0.3) is 0 Å². The number of carbonyl (C=O) groups excluding carboxylic acids is 1. The number of Topliss-reactive ketones (excluding diaryl/α,β-unsaturated/α-hetero) is 1. The van der Waals surface area contributed by atoms with Crippen molar-refractivity contribution in [1.82, 2.24) is 40.1 Å². The number of hydrogen-bond acceptors (Lipinski definition) is 8. The van der Waals surface area contributed by atoms with Crippen LogP contribution in [0.15, 0.2) is 36.7 Å². The molecule has 1 aliphatic heterocycles. The Kier molecular flexibility index (Phi) is 4.15. The smallest absolute Gasteiger partial charge is 0.179 e. The molecule has 126 valence electrons. The van der Waals surface area contributed by atoms with Gasteiger partial charge in [-0.1, -0.05) is 22.0 Å². The number of rotatable bonds is 3. The van der Waals surface area contributed by atoms with E-state index in [1.54, 1.807) is 22.8 Å². The highest BCUT2D eigenvalue weighted by molar-refractivity contribution is 9.09. The number of epoxide rings is 1. The van der Waals surface area contributed by atoms with Gasteiger partial charge in [0.1, 0.15) is 6.10 Å². The largest absolute Gasteiger partial charge is 0.368 e. The third kappa shape index (κ3) is 3.37. The number of fused-ring (bicyclic) bond motifs is 2. The number of nitrogens with zero attached hydrogens (tertiary/aromatic N) is 8. The van der Waals surface area contributed by atoms with Crippen molar-refractivity contribution in [2.24, 2.45) is 0 Å². The van der Waals surface area contributed by atoms with E-state index in [2.05, 4.69) is 47.0 Å². The van der Waals surface area contributed by atoms with Crippen molar-refractivity contribution < 1.29 is 9.53 Å². The van der Waals surface area contributed by atoms with Crippen molar-refractivity contribution in [2.45, 2.75) is 6.10 Å². The lowest BCUT2D eigenvalue weighted by Crippen LogP contribution is -2.02. The third-order valence-corrected chi connectivity index (χ3v) is 4.06. The van der Waals surface area contributed by atoms with Gasteiger partial charge in [-0.2, -0.15) is 4.52 Å². The summed E-state index contributed by atoms with van der Waals surface area (Å²) in [5, 5.41) is 22.3. The molecule has 1 fully saturated rings. The lowest BCUT2D eigenvalue weighted by molar-refractivity contribution is 0.102. The van der Waals surface area contributed by atoms with Gasteiger partial charge in [0.2, 0.25) is 0 Å². The van der Waals surface area contributed by atoms with E-state index in [0.29, 0.717) is 16.5 Å². The lowest BCUT2D eigenvalue weighted by atomic mass is 10.2. The molecule has 5 heterocycles. The van der Waals surface area contributed by atoms with Crippen LogP contribution < -0.4 is 0 Å². The first kappa shape index (κ1) is 15.7. The molecular formula is C14H11BrN8O2. The molecule has 1 saturated heterocycles. The fourth-order valence-corrected chi connectivity index (χ4v) is 2.50. The Morgan fingerprint density at radius 1 is 1.08 bits per heavy atom. The first-order valence-electron chi connectivity index (χ1n) is 7.31. The van der Waals surface area contributed by atoms with Crippen LogP contribution in [0.2, 0.25) is 0 Å². The summed E-state index contributed by atoms with van der Waals surface area (Å²) < 4.78 is 8.26. The van der Waals surface area contributed by atoms with Crippen LogP contribution in [0.1, 0.15) is 22.0 Å². The summed E-state index contributed by atoms with van der Waals surface area (Å²) in [6.07, 6.45) is 3.77. The summed E-state index contributed by atoms with van der Waals surface area (Å²) in [5.74, 6) is 0.0115. The number of carbonyl (C=O) groups is 1. The number of pyridine rings is 2. The zero-order valence-electron chi connectivity index (χ0n) is 12.7. The number of alkyl halides is 1. The van der Waals surface area contributed by atoms with Crippen molar-refractivity contribution in [1.29, 1.82) is 0 Å². The topological polar surface area (TPSA) is 116 Å². The Morgan fingerprint density at radius 2 is 1.72 bits per heavy atom. The van der Waals surface area contributed by atoms with Gasteiger partial charge in [0.15, 0.2) is 17.1 Å². The lowest BCUT2D eigenvalue weighted by Gasteiger charge is -1.95. The van der Waals surface area contributed by atoms with Crippen LogP contribution >= 0.6 is 15.9 Å². The fourth-order valence-electron chi connectivity index (χ4n) is 2.17. The molecule has 0 radical (unpaired) electrons. The molecule has 4 aromatic rings. The molecule has 25 heavy (non-hydrogen) atoms. The van der Waals surface area contributed by atoms with Gasteiger partial charge in [-0.3, -0.25) is 4.79 Å². The summed E-state index contributed by atoms with van der Waals surface area (Å²) in [7, 11) is 0. The van der Waals surface area contributed by atoms with E-state index < -0.39 is 0 Å². The molecule has 0 N–H and O–H groups in total. The van der Waals surface area contributed by atoms with Crippen LogP contribution in [-0.4, -0.2) is 57.8 Å². The molecule has 10 nitrogen and oxygen atoms in total. The second-order valence-corrected chi connectivity index (χ2v) is 5.78. The normalized spacial score (nSPS) is 15.8. The average Bonchev–Trinajstić information content (AvgIpc) is 3.21. The highest BCUT2D eigenvalue weighted by Gasteiger charge is 2.25. The van der Waals surface area contributed by atoms with Crippen LogP contribution in [0.25, 0.3) is 11.3 Å². The van der Waals surface area contributed by atoms with Crippen LogP contribution in [0, 0.1) is 0 Å². The average molecular weight is 403 g/mol. The van der Waals surface area contributed by atoms with Gasteiger partial charge < -0.3 is 4.74 Å². The number of aromatic nitrogens is 8. The Morgan fingerprint density at radius 3 is 2.36 bits per heavy atom. The van der Waals surface area contributed by atoms with E-state index in [1.807, 2.05) is 18.3 Å². The monoisotopic (exact) mass is 402 g/mol. The minimum atomic E-state index is 0.0115. The Labute approximate surface area is 148 Å². The van der Waals surface area contributed by atoms with Gasteiger partial charge in [-0.25, -0.2) is 4.52 Å². The predicted octanol–water partition coefficient (Wildman–Crippen LogP) is 0.897. The molecule has 5 rings (SSSR count). The van der Waals surface area contributed by atoms with Crippen molar-refractivity contribution in [3.05, 3.63) is 47.8 Å². The molecule has 0 aliphatic carbocycles. The molecule has 0 aromatic carbocycles. The summed E-state index contributed by atoms with van der Waals surface area (Å²) in [6.45, 7) is 0.813. The minimum Gasteiger partial charge on any atom is -0.368 e. The Bertz CT molecular complexity index is 1040. The molecule has 0 saturated carbocycles. The van der Waals surface area contributed by atoms with Crippen LogP contribution in [0.4, 0.5) is 0 Å². The predicted molar refractivity (Wildman–Crippen MR) is 88.4 cm³/mol. The van der Waals surface area contributed by atoms with Gasteiger partial charge in [0, 0.05) is 23.5 Å². The van der Waals surface area contributed by atoms with Crippen molar-refractivity contribution in [3.63, 3.8) is 0 Å². The summed E-state index contributed by atoms with van der Waals surface area (Å²) in [4.78, 5) is 11.3. The van der Waals surface area contributed by atoms with E-state index >= 15 is 0 Å². The molecular weight excluding hydrogens is 392 g/mol. The standard InChI is InChI=1S/C7H5BrN4O.C7H6N4O/c8-3-6(13)5-1-2-7-9-10-11-12(7)4-5;1-2-7-8-9-10-11(7)3-5(1)6-4-12-6/h1-2,4H,3H2;1-3,6H,4H2/t;6-/m.0/s1. The highest BCUT2D eigenvalue weighted by atomic mass is 79.9. The summed E-state index contributed by atoms with van der Waals surface area (Å²) >= 11 is 3.10. The van der Waals surface area contributed by atoms with E-state index in [4.69, 9.17) is 4.74 Å². The molecule has 1 atom stereocenters. The molecule has 0 amide bonds. The van der Waals surface area contributed by atoms with E-state index in [-0.39, 0.29) is 11.9 Å². The van der Waals surface area contributed by atoms with Gasteiger partial charge in [-0.05, 0) is 39.1 Å². The van der Waals surface area contributed by atoms with Crippen LogP contribution in [0.3, 0.4) is 0 Å². The number of halogens is 1. The SMILES string of the molecule is O=C(CBr)c1ccc2nnnn2c1.c1cc2nnnn2cc1[C@@H]1CO1. The number of ketones is 1. The number of ether oxygens (including phenoxy) is 1. The molecule has 0 unspecified atom stereocenters. The van der Waals surface area contributed by atoms with Crippen LogP contribution in [-0.2, 0) is 4.74 Å². The summed E-state index contributed by atoms with van der Waals surface area (Å²) in [6, 6.07) is 7.28. The first-order chi connectivity index (χ1) is 12.2. The van der Waals surface area contributed by atoms with E-state index in [9.17, 15) is 4.79 Å². The maximum absolute atomic E-state index is 11.3. The van der Waals surface area contributed by atoms with Crippen molar-refractivity contribution in [3.8, 4) is 0 Å². The molecule has 0 bridgehead atoms. The Balaban J connectivity index is 0.000000126. The van der Waals surface area contributed by atoms with Gasteiger partial charge in [0.05, 0.1) is 11.9 Å².